The molecule has 11 nitrogen and oxygen atoms in total. The number of hydrogen-bond donors (Lipinski definition) is 6. The van der Waals surface area contributed by atoms with E-state index < -0.39 is 67.4 Å². The average molecular weight is 1080 g/mol. The highest BCUT2D eigenvalue weighted by Gasteiger charge is 2.47. The van der Waals surface area contributed by atoms with E-state index in [1.54, 1.807) is 6.08 Å². The van der Waals surface area contributed by atoms with Crippen LogP contribution in [0.1, 0.15) is 303 Å². The summed E-state index contributed by atoms with van der Waals surface area (Å²) in [7, 11) is 0. The fourth-order valence-corrected chi connectivity index (χ4v) is 10.2. The fourth-order valence-electron chi connectivity index (χ4n) is 10.2. The summed E-state index contributed by atoms with van der Waals surface area (Å²) in [4.78, 5) is 26.5. The third-order valence-corrected chi connectivity index (χ3v) is 15.3. The Bertz CT molecular complexity index is 1380. The van der Waals surface area contributed by atoms with Crippen molar-refractivity contribution >= 4 is 11.9 Å². The zero-order chi connectivity index (χ0) is 55.4. The number of nitrogens with one attached hydrogen (secondary N) is 1. The molecule has 0 bridgehead atoms. The van der Waals surface area contributed by atoms with E-state index in [0.29, 0.717) is 19.3 Å². The van der Waals surface area contributed by atoms with Gasteiger partial charge in [-0.3, -0.25) is 9.59 Å². The highest BCUT2D eigenvalue weighted by atomic mass is 16.7. The Hall–Kier alpha value is -2.12. The zero-order valence-electron chi connectivity index (χ0n) is 49.4. The van der Waals surface area contributed by atoms with Crippen molar-refractivity contribution in [1.29, 1.82) is 0 Å². The van der Waals surface area contributed by atoms with Gasteiger partial charge in [0, 0.05) is 6.42 Å². The van der Waals surface area contributed by atoms with Crippen LogP contribution in [0.4, 0.5) is 0 Å². The molecule has 1 aliphatic rings. The van der Waals surface area contributed by atoms with Gasteiger partial charge in [0.25, 0.3) is 0 Å². The molecule has 0 aliphatic carbocycles. The summed E-state index contributed by atoms with van der Waals surface area (Å²) in [5.74, 6) is -1.18. The first-order valence-corrected chi connectivity index (χ1v) is 32.3. The second-order valence-electron chi connectivity index (χ2n) is 22.5. The smallest absolute Gasteiger partial charge is 0.306 e. The molecule has 0 spiro atoms. The van der Waals surface area contributed by atoms with Crippen molar-refractivity contribution in [2.45, 2.75) is 352 Å². The van der Waals surface area contributed by atoms with Gasteiger partial charge in [0.1, 0.15) is 24.4 Å². The molecule has 8 atom stereocenters. The van der Waals surface area contributed by atoms with Crippen LogP contribution in [0.2, 0.25) is 0 Å². The molecule has 0 radical (unpaired) electrons. The predicted octanol–water partition coefficient (Wildman–Crippen LogP) is 15.5. The molecule has 0 aromatic rings. The number of carbonyl (C=O) groups is 2. The summed E-state index contributed by atoms with van der Waals surface area (Å²) in [6.07, 6.45) is 53.4. The molecule has 6 N–H and O–H groups in total. The van der Waals surface area contributed by atoms with Crippen LogP contribution >= 0.6 is 0 Å². The highest BCUT2D eigenvalue weighted by molar-refractivity contribution is 5.80. The number of allylic oxidation sites excluding steroid dienone is 5. The number of ether oxygens (including phenoxy) is 3. The maximum Gasteiger partial charge on any atom is 0.306 e. The molecule has 0 aromatic carbocycles. The molecule has 1 amide bonds. The van der Waals surface area contributed by atoms with Gasteiger partial charge in [-0.25, -0.2) is 0 Å². The van der Waals surface area contributed by atoms with E-state index in [9.17, 15) is 35.1 Å². The van der Waals surface area contributed by atoms with Crippen LogP contribution in [-0.2, 0) is 23.8 Å². The first kappa shape index (κ1) is 71.9. The minimum atomic E-state index is -1.61. The van der Waals surface area contributed by atoms with Crippen LogP contribution in [0.5, 0.6) is 0 Å². The molecular formula is C65H121NO10. The van der Waals surface area contributed by atoms with Crippen molar-refractivity contribution in [3.05, 3.63) is 36.5 Å². The second kappa shape index (κ2) is 53.5. The standard InChI is InChI=1S/C65H121NO10/c1-4-7-10-13-16-19-22-24-25-26-27-28-29-30-31-32-33-34-35-36-38-41-44-47-50-53-60(70)76-63-62(72)61(71)59(54-67)75-65(63)74-55-56(57(68)51-48-45-42-40-37-23-20-17-14-11-8-5-2)66-64(73)58(69)52-49-46-43-39-21-18-15-12-9-6-3/h16,19,24-25,48,51,56-59,61-63,65,67-69,71-72H,4-15,17-18,20-23,26-47,49-50,52-55H2,1-3H3,(H,66,73)/b19-16-,25-24-,51-48+. The molecule has 446 valence electrons. The third-order valence-electron chi connectivity index (χ3n) is 15.3. The van der Waals surface area contributed by atoms with E-state index in [2.05, 4.69) is 50.4 Å². The minimum Gasteiger partial charge on any atom is -0.454 e. The summed E-state index contributed by atoms with van der Waals surface area (Å²) in [6, 6.07) is -1.02. The lowest BCUT2D eigenvalue weighted by molar-refractivity contribution is -0.305. The van der Waals surface area contributed by atoms with E-state index in [1.165, 1.54) is 193 Å². The molecule has 1 saturated heterocycles. The first-order chi connectivity index (χ1) is 37.2. The van der Waals surface area contributed by atoms with Crippen LogP contribution < -0.4 is 5.32 Å². The maximum atomic E-state index is 13.4. The van der Waals surface area contributed by atoms with Crippen LogP contribution in [0.15, 0.2) is 36.5 Å². The second-order valence-corrected chi connectivity index (χ2v) is 22.5. The number of aliphatic hydroxyl groups excluding tert-OH is 5. The molecule has 11 heteroatoms. The van der Waals surface area contributed by atoms with Gasteiger partial charge in [0.15, 0.2) is 12.4 Å². The Kier molecular flexibility index (Phi) is 50.6. The summed E-state index contributed by atoms with van der Waals surface area (Å²) >= 11 is 0. The topological polar surface area (TPSA) is 175 Å². The Morgan fingerprint density at radius 3 is 1.37 bits per heavy atom. The van der Waals surface area contributed by atoms with Crippen LogP contribution in [0.3, 0.4) is 0 Å². The molecule has 1 heterocycles. The number of amides is 1. The maximum absolute atomic E-state index is 13.4. The monoisotopic (exact) mass is 1080 g/mol. The summed E-state index contributed by atoms with van der Waals surface area (Å²) in [5.41, 5.74) is 0. The van der Waals surface area contributed by atoms with E-state index in [1.807, 2.05) is 6.08 Å². The SMILES string of the molecule is CCCCC/C=C\C/C=C\CCCCCCCCCCCCCCCCCC(=O)OC1C(OCC(NC(=O)C(O)CCCCCCCCCCCC)C(O)/C=C/CCCCCCCCCCCC)OC(CO)C(O)C1O. The normalized spacial score (nSPS) is 19.3. The summed E-state index contributed by atoms with van der Waals surface area (Å²) in [5, 5.41) is 56.9. The van der Waals surface area contributed by atoms with Gasteiger partial charge in [-0.2, -0.15) is 0 Å². The zero-order valence-corrected chi connectivity index (χ0v) is 49.4. The van der Waals surface area contributed by atoms with Gasteiger partial charge >= 0.3 is 5.97 Å². The largest absolute Gasteiger partial charge is 0.454 e. The molecule has 1 rings (SSSR count). The Morgan fingerprint density at radius 1 is 0.513 bits per heavy atom. The van der Waals surface area contributed by atoms with E-state index in [0.717, 1.165) is 64.2 Å². The van der Waals surface area contributed by atoms with Crippen molar-refractivity contribution < 1.29 is 49.3 Å². The summed E-state index contributed by atoms with van der Waals surface area (Å²) in [6.45, 7) is 5.77. The number of hydrogen-bond acceptors (Lipinski definition) is 10. The molecule has 1 fully saturated rings. The third kappa shape index (κ3) is 41.0. The molecule has 0 saturated carbocycles. The van der Waals surface area contributed by atoms with Gasteiger partial charge in [-0.1, -0.05) is 276 Å². The fraction of sp³-hybridized carbons (Fsp3) is 0.877. The van der Waals surface area contributed by atoms with Gasteiger partial charge in [-0.15, -0.1) is 0 Å². The van der Waals surface area contributed by atoms with Crippen molar-refractivity contribution in [2.24, 2.45) is 0 Å². The van der Waals surface area contributed by atoms with Gasteiger partial charge in [0.05, 0.1) is 25.4 Å². The predicted molar refractivity (Wildman–Crippen MR) is 315 cm³/mol. The van der Waals surface area contributed by atoms with Crippen molar-refractivity contribution in [3.63, 3.8) is 0 Å². The Balaban J connectivity index is 2.54. The molecule has 76 heavy (non-hydrogen) atoms. The lowest BCUT2D eigenvalue weighted by atomic mass is 9.99. The van der Waals surface area contributed by atoms with Crippen molar-refractivity contribution in [1.82, 2.24) is 5.32 Å². The van der Waals surface area contributed by atoms with Crippen molar-refractivity contribution in [3.8, 4) is 0 Å². The van der Waals surface area contributed by atoms with Gasteiger partial charge in [-0.05, 0) is 57.8 Å². The Labute approximate surface area is 466 Å². The van der Waals surface area contributed by atoms with Crippen molar-refractivity contribution in [2.75, 3.05) is 13.2 Å². The minimum absolute atomic E-state index is 0.127. The number of aliphatic hydroxyl groups is 5. The Morgan fingerprint density at radius 2 is 0.908 bits per heavy atom. The first-order valence-electron chi connectivity index (χ1n) is 32.3. The van der Waals surface area contributed by atoms with Crippen LogP contribution in [0.25, 0.3) is 0 Å². The molecular weight excluding hydrogens is 955 g/mol. The van der Waals surface area contributed by atoms with E-state index >= 15 is 0 Å². The molecule has 1 aliphatic heterocycles. The van der Waals surface area contributed by atoms with E-state index in [-0.39, 0.29) is 13.0 Å². The van der Waals surface area contributed by atoms with Crippen LogP contribution in [-0.4, -0.2) is 99.6 Å². The average Bonchev–Trinajstić information content (AvgIpc) is 3.42. The lowest BCUT2D eigenvalue weighted by Gasteiger charge is -2.41. The molecule has 8 unspecified atom stereocenters. The van der Waals surface area contributed by atoms with Crippen LogP contribution in [0, 0.1) is 0 Å². The number of rotatable bonds is 55. The number of unbranched alkanes of at least 4 members (excludes halogenated alkanes) is 37. The van der Waals surface area contributed by atoms with E-state index in [4.69, 9.17) is 14.2 Å². The summed E-state index contributed by atoms with van der Waals surface area (Å²) < 4.78 is 17.6. The highest BCUT2D eigenvalue weighted by Crippen LogP contribution is 2.26. The quantitative estimate of drug-likeness (QED) is 0.0195. The number of esters is 1. The molecule has 0 aromatic heterocycles. The lowest BCUT2D eigenvalue weighted by Crippen LogP contribution is -2.61. The van der Waals surface area contributed by atoms with Gasteiger partial charge in [0.2, 0.25) is 5.91 Å². The number of carbonyl (C=O) groups excluding carboxylic acids is 2. The van der Waals surface area contributed by atoms with Gasteiger partial charge < -0.3 is 45.1 Å².